The van der Waals surface area contributed by atoms with Gasteiger partial charge in [-0.2, -0.15) is 5.26 Å². The maximum Gasteiger partial charge on any atom is 0.339 e. The first-order chi connectivity index (χ1) is 13.3. The van der Waals surface area contributed by atoms with Crippen molar-refractivity contribution in [3.8, 4) is 17.6 Å². The zero-order chi connectivity index (χ0) is 20.9. The number of benzene rings is 1. The van der Waals surface area contributed by atoms with Gasteiger partial charge in [-0.3, -0.25) is 4.79 Å². The van der Waals surface area contributed by atoms with Gasteiger partial charge < -0.3 is 19.1 Å². The van der Waals surface area contributed by atoms with E-state index in [0.29, 0.717) is 18.6 Å². The maximum absolute atomic E-state index is 12.8. The largest absolute Gasteiger partial charge is 0.493 e. The fourth-order valence-electron chi connectivity index (χ4n) is 3.46. The van der Waals surface area contributed by atoms with Crippen molar-refractivity contribution >= 4 is 23.5 Å². The summed E-state index contributed by atoms with van der Waals surface area (Å²) < 4.78 is 15.7. The molecule has 0 bridgehead atoms. The van der Waals surface area contributed by atoms with Crippen LogP contribution in [0.3, 0.4) is 0 Å². The maximum atomic E-state index is 12.8. The molecule has 0 N–H and O–H groups in total. The lowest BCUT2D eigenvalue weighted by Gasteiger charge is -2.39. The van der Waals surface area contributed by atoms with E-state index < -0.39 is 23.5 Å². The molecular weight excluding hydrogens is 384 g/mol. The van der Waals surface area contributed by atoms with Crippen LogP contribution in [0.1, 0.15) is 49.4 Å². The molecule has 1 aromatic rings. The number of hydrogen-bond donors (Lipinski definition) is 0. The van der Waals surface area contributed by atoms with E-state index in [2.05, 4.69) is 6.07 Å². The molecule has 0 aliphatic heterocycles. The van der Waals surface area contributed by atoms with Gasteiger partial charge in [0.25, 0.3) is 5.91 Å². The number of nitriles is 1. The average Bonchev–Trinajstić information content (AvgIpc) is 2.72. The molecule has 7 nitrogen and oxygen atoms in total. The van der Waals surface area contributed by atoms with Gasteiger partial charge in [-0.05, 0) is 31.9 Å². The molecule has 1 aliphatic rings. The Hall–Kier alpha value is -2.46. The van der Waals surface area contributed by atoms with Crippen LogP contribution in [0.2, 0.25) is 5.02 Å². The Kier molecular flexibility index (Phi) is 7.14. The molecule has 1 aliphatic carbocycles. The number of carbonyl (C=O) groups is 2. The number of hydrogen-bond acceptors (Lipinski definition) is 6. The number of carbonyl (C=O) groups excluding carboxylic acids is 2. The molecule has 1 atom stereocenters. The molecule has 0 spiro atoms. The van der Waals surface area contributed by atoms with Gasteiger partial charge in [0, 0.05) is 7.05 Å². The number of rotatable bonds is 6. The van der Waals surface area contributed by atoms with Crippen molar-refractivity contribution < 1.29 is 23.8 Å². The first kappa shape index (κ1) is 21.8. The summed E-state index contributed by atoms with van der Waals surface area (Å²) in [6, 6.07) is 5.12. The van der Waals surface area contributed by atoms with E-state index >= 15 is 0 Å². The monoisotopic (exact) mass is 408 g/mol. The molecule has 1 amide bonds. The molecule has 0 unspecified atom stereocenters. The van der Waals surface area contributed by atoms with Gasteiger partial charge in [0.2, 0.25) is 0 Å². The third-order valence-electron chi connectivity index (χ3n) is 5.16. The molecule has 0 aromatic heterocycles. The molecule has 0 radical (unpaired) electrons. The van der Waals surface area contributed by atoms with E-state index in [4.69, 9.17) is 25.8 Å². The van der Waals surface area contributed by atoms with E-state index in [9.17, 15) is 14.9 Å². The number of halogens is 1. The molecular formula is C20H25ClN2O5. The second kappa shape index (κ2) is 9.16. The Balaban J connectivity index is 2.14. The van der Waals surface area contributed by atoms with Crippen molar-refractivity contribution in [1.29, 1.82) is 5.26 Å². The van der Waals surface area contributed by atoms with Crippen LogP contribution in [-0.4, -0.2) is 49.7 Å². The Morgan fingerprint density at radius 1 is 1.21 bits per heavy atom. The summed E-state index contributed by atoms with van der Waals surface area (Å²) in [5, 5.41) is 9.84. The summed E-state index contributed by atoms with van der Waals surface area (Å²) >= 11 is 6.12. The molecule has 0 heterocycles. The van der Waals surface area contributed by atoms with Gasteiger partial charge in [-0.25, -0.2) is 4.79 Å². The Morgan fingerprint density at radius 2 is 1.86 bits per heavy atom. The Morgan fingerprint density at radius 3 is 2.39 bits per heavy atom. The highest BCUT2D eigenvalue weighted by Crippen LogP contribution is 2.36. The van der Waals surface area contributed by atoms with E-state index in [1.165, 1.54) is 38.2 Å². The number of likely N-dealkylation sites (N-methyl/N-ethyl adjacent to an activating group) is 1. The van der Waals surface area contributed by atoms with Crippen LogP contribution >= 0.6 is 11.6 Å². The quantitative estimate of drug-likeness (QED) is 0.668. The van der Waals surface area contributed by atoms with Crippen LogP contribution in [0.25, 0.3) is 0 Å². The average molecular weight is 409 g/mol. The predicted octanol–water partition coefficient (Wildman–Crippen LogP) is 3.59. The van der Waals surface area contributed by atoms with Crippen molar-refractivity contribution in [3.05, 3.63) is 22.7 Å². The molecule has 1 aromatic carbocycles. The third-order valence-corrected chi connectivity index (χ3v) is 5.44. The Bertz CT molecular complexity index is 784. The van der Waals surface area contributed by atoms with E-state index in [1.807, 2.05) is 0 Å². The number of ether oxygens (including phenoxy) is 3. The van der Waals surface area contributed by atoms with Crippen LogP contribution in [0.5, 0.6) is 11.5 Å². The van der Waals surface area contributed by atoms with Crippen LogP contribution in [0.4, 0.5) is 0 Å². The number of amides is 1. The summed E-state index contributed by atoms with van der Waals surface area (Å²) in [7, 11) is 4.46. The highest BCUT2D eigenvalue weighted by atomic mass is 35.5. The lowest BCUT2D eigenvalue weighted by atomic mass is 9.81. The number of methoxy groups -OCH3 is 2. The second-order valence-electron chi connectivity index (χ2n) is 6.84. The smallest absolute Gasteiger partial charge is 0.339 e. The predicted molar refractivity (Wildman–Crippen MR) is 104 cm³/mol. The highest BCUT2D eigenvalue weighted by molar-refractivity contribution is 6.32. The van der Waals surface area contributed by atoms with Gasteiger partial charge in [0.05, 0.1) is 30.9 Å². The standard InChI is InChI=1S/C20H25ClN2O5/c1-13(18(24)23(2)20(12-22)8-6-5-7-9-20)28-19(25)14-10-15(21)17(27-4)16(11-14)26-3/h10-11,13H,5-9H2,1-4H3/t13-/m0/s1. The van der Waals surface area contributed by atoms with Crippen LogP contribution in [0.15, 0.2) is 12.1 Å². The van der Waals surface area contributed by atoms with Crippen LogP contribution in [0, 0.1) is 11.3 Å². The lowest BCUT2D eigenvalue weighted by Crippen LogP contribution is -2.53. The molecule has 0 saturated heterocycles. The minimum absolute atomic E-state index is 0.137. The summed E-state index contributed by atoms with van der Waals surface area (Å²) in [6.07, 6.45) is 3.04. The normalized spacial score (nSPS) is 16.4. The molecule has 8 heteroatoms. The fourth-order valence-corrected chi connectivity index (χ4v) is 3.75. The summed E-state index contributed by atoms with van der Waals surface area (Å²) in [4.78, 5) is 26.7. The van der Waals surface area contributed by atoms with Crippen LogP contribution < -0.4 is 9.47 Å². The summed E-state index contributed by atoms with van der Waals surface area (Å²) in [5.41, 5.74) is -0.708. The van der Waals surface area contributed by atoms with E-state index in [-0.39, 0.29) is 16.3 Å². The molecule has 152 valence electrons. The first-order valence-corrected chi connectivity index (χ1v) is 9.49. The number of esters is 1. The number of nitrogens with zero attached hydrogens (tertiary/aromatic N) is 2. The molecule has 1 fully saturated rings. The second-order valence-corrected chi connectivity index (χ2v) is 7.25. The minimum Gasteiger partial charge on any atom is -0.493 e. The Labute approximate surface area is 170 Å². The van der Waals surface area contributed by atoms with Gasteiger partial charge in [-0.15, -0.1) is 0 Å². The first-order valence-electron chi connectivity index (χ1n) is 9.11. The molecule has 28 heavy (non-hydrogen) atoms. The highest BCUT2D eigenvalue weighted by Gasteiger charge is 2.40. The zero-order valence-corrected chi connectivity index (χ0v) is 17.3. The van der Waals surface area contributed by atoms with Crippen LogP contribution in [-0.2, 0) is 9.53 Å². The summed E-state index contributed by atoms with van der Waals surface area (Å²) in [5.74, 6) is -0.545. The van der Waals surface area contributed by atoms with E-state index in [1.54, 1.807) is 7.05 Å². The SMILES string of the molecule is COc1cc(C(=O)O[C@@H](C)C(=O)N(C)C2(C#N)CCCCC2)cc(Cl)c1OC. The van der Waals surface area contributed by atoms with Gasteiger partial charge in [0.15, 0.2) is 17.6 Å². The van der Waals surface area contributed by atoms with Crippen molar-refractivity contribution in [2.45, 2.75) is 50.7 Å². The van der Waals surface area contributed by atoms with Crippen molar-refractivity contribution in [2.24, 2.45) is 0 Å². The van der Waals surface area contributed by atoms with Gasteiger partial charge in [-0.1, -0.05) is 30.9 Å². The fraction of sp³-hybridized carbons (Fsp3) is 0.550. The minimum atomic E-state index is -1.04. The van der Waals surface area contributed by atoms with Crippen molar-refractivity contribution in [2.75, 3.05) is 21.3 Å². The molecule has 2 rings (SSSR count). The van der Waals surface area contributed by atoms with Gasteiger partial charge in [0.1, 0.15) is 5.54 Å². The third kappa shape index (κ3) is 4.33. The lowest BCUT2D eigenvalue weighted by molar-refractivity contribution is -0.143. The van der Waals surface area contributed by atoms with Gasteiger partial charge >= 0.3 is 5.97 Å². The topological polar surface area (TPSA) is 88.9 Å². The van der Waals surface area contributed by atoms with Crippen molar-refractivity contribution in [1.82, 2.24) is 4.90 Å². The summed E-state index contributed by atoms with van der Waals surface area (Å²) in [6.45, 7) is 1.49. The van der Waals surface area contributed by atoms with E-state index in [0.717, 1.165) is 19.3 Å². The zero-order valence-electron chi connectivity index (χ0n) is 16.6. The molecule has 1 saturated carbocycles. The van der Waals surface area contributed by atoms with Crippen molar-refractivity contribution in [3.63, 3.8) is 0 Å².